The highest BCUT2D eigenvalue weighted by molar-refractivity contribution is 5.23. The van der Waals surface area contributed by atoms with Gasteiger partial charge in [-0.2, -0.15) is 0 Å². The van der Waals surface area contributed by atoms with Crippen molar-refractivity contribution >= 4 is 0 Å². The van der Waals surface area contributed by atoms with Gasteiger partial charge in [0.2, 0.25) is 0 Å². The van der Waals surface area contributed by atoms with E-state index in [4.69, 9.17) is 0 Å². The van der Waals surface area contributed by atoms with Crippen molar-refractivity contribution in [2.24, 2.45) is 5.41 Å². The average molecular weight is 235 g/mol. The van der Waals surface area contributed by atoms with E-state index in [9.17, 15) is 4.39 Å². The monoisotopic (exact) mass is 235 g/mol. The minimum Gasteiger partial charge on any atom is -0.310 e. The topological polar surface area (TPSA) is 12.0 Å². The molecule has 1 aromatic carbocycles. The van der Waals surface area contributed by atoms with E-state index in [-0.39, 0.29) is 5.82 Å². The Morgan fingerprint density at radius 2 is 2.18 bits per heavy atom. The highest BCUT2D eigenvalue weighted by Gasteiger charge is 2.30. The molecule has 0 amide bonds. The summed E-state index contributed by atoms with van der Waals surface area (Å²) in [6.45, 7) is 7.21. The van der Waals surface area contributed by atoms with Crippen LogP contribution < -0.4 is 5.32 Å². The SMILES string of the molecule is Cc1ccc(CNC2CCC(C)(C)C2)cc1F. The second-order valence-electron chi connectivity index (χ2n) is 6.07. The first-order valence-electron chi connectivity index (χ1n) is 6.45. The van der Waals surface area contributed by atoms with Crippen molar-refractivity contribution in [1.29, 1.82) is 0 Å². The lowest BCUT2D eigenvalue weighted by atomic mass is 9.92. The van der Waals surface area contributed by atoms with E-state index < -0.39 is 0 Å². The van der Waals surface area contributed by atoms with Crippen LogP contribution in [0.3, 0.4) is 0 Å². The van der Waals surface area contributed by atoms with Gasteiger partial charge in [0, 0.05) is 12.6 Å². The van der Waals surface area contributed by atoms with Gasteiger partial charge in [-0.3, -0.25) is 0 Å². The number of benzene rings is 1. The van der Waals surface area contributed by atoms with Crippen molar-refractivity contribution in [3.63, 3.8) is 0 Å². The summed E-state index contributed by atoms with van der Waals surface area (Å²) in [5, 5.41) is 3.53. The maximum atomic E-state index is 13.4. The fourth-order valence-electron chi connectivity index (χ4n) is 2.62. The molecule has 1 N–H and O–H groups in total. The van der Waals surface area contributed by atoms with Crippen molar-refractivity contribution in [1.82, 2.24) is 5.32 Å². The highest BCUT2D eigenvalue weighted by atomic mass is 19.1. The highest BCUT2D eigenvalue weighted by Crippen LogP contribution is 2.36. The molecule has 0 heterocycles. The molecule has 1 unspecified atom stereocenters. The van der Waals surface area contributed by atoms with E-state index >= 15 is 0 Å². The molecule has 1 aliphatic rings. The summed E-state index contributed by atoms with van der Waals surface area (Å²) in [6.07, 6.45) is 3.75. The van der Waals surface area contributed by atoms with Gasteiger partial charge < -0.3 is 5.32 Å². The Kier molecular flexibility index (Phi) is 3.53. The lowest BCUT2D eigenvalue weighted by Gasteiger charge is -2.18. The fraction of sp³-hybridized carbons (Fsp3) is 0.600. The molecule has 17 heavy (non-hydrogen) atoms. The van der Waals surface area contributed by atoms with Crippen molar-refractivity contribution in [2.75, 3.05) is 0 Å². The van der Waals surface area contributed by atoms with Crippen LogP contribution in [0.15, 0.2) is 18.2 Å². The van der Waals surface area contributed by atoms with Crippen molar-refractivity contribution in [3.05, 3.63) is 35.1 Å². The Morgan fingerprint density at radius 1 is 1.41 bits per heavy atom. The summed E-state index contributed by atoms with van der Waals surface area (Å²) in [5.41, 5.74) is 2.23. The standard InChI is InChI=1S/C15H22FN/c1-11-4-5-12(8-14(11)16)10-17-13-6-7-15(2,3)9-13/h4-5,8,13,17H,6-7,9-10H2,1-3H3. The average Bonchev–Trinajstić information content (AvgIpc) is 2.60. The first kappa shape index (κ1) is 12.6. The van der Waals surface area contributed by atoms with E-state index in [1.165, 1.54) is 19.3 Å². The summed E-state index contributed by atoms with van der Waals surface area (Å²) >= 11 is 0. The van der Waals surface area contributed by atoms with E-state index in [1.807, 2.05) is 12.1 Å². The molecule has 1 fully saturated rings. The number of hydrogen-bond donors (Lipinski definition) is 1. The van der Waals surface area contributed by atoms with Crippen LogP contribution in [0.5, 0.6) is 0 Å². The maximum Gasteiger partial charge on any atom is 0.126 e. The van der Waals surface area contributed by atoms with Gasteiger partial charge in [0.25, 0.3) is 0 Å². The predicted molar refractivity (Wildman–Crippen MR) is 69.4 cm³/mol. The van der Waals surface area contributed by atoms with Crippen molar-refractivity contribution in [3.8, 4) is 0 Å². The third kappa shape index (κ3) is 3.29. The molecule has 0 aromatic heterocycles. The maximum absolute atomic E-state index is 13.4. The van der Waals surface area contributed by atoms with Gasteiger partial charge in [0.05, 0.1) is 0 Å². The Hall–Kier alpha value is -0.890. The number of rotatable bonds is 3. The molecule has 2 rings (SSSR count). The first-order chi connectivity index (χ1) is 7.96. The summed E-state index contributed by atoms with van der Waals surface area (Å²) < 4.78 is 13.4. The zero-order chi connectivity index (χ0) is 12.5. The Bertz CT molecular complexity index is 398. The molecule has 0 aliphatic heterocycles. The van der Waals surface area contributed by atoms with Gasteiger partial charge in [-0.05, 0) is 48.8 Å². The molecule has 1 saturated carbocycles. The molecule has 1 aliphatic carbocycles. The van der Waals surface area contributed by atoms with Gasteiger partial charge in [-0.15, -0.1) is 0 Å². The van der Waals surface area contributed by atoms with Crippen LogP contribution in [-0.2, 0) is 6.54 Å². The normalized spacial score (nSPS) is 22.9. The molecule has 1 atom stereocenters. The van der Waals surface area contributed by atoms with Crippen LogP contribution in [0.25, 0.3) is 0 Å². The van der Waals surface area contributed by atoms with Gasteiger partial charge in [0.1, 0.15) is 5.82 Å². The van der Waals surface area contributed by atoms with Gasteiger partial charge >= 0.3 is 0 Å². The molecule has 0 bridgehead atoms. The molecule has 94 valence electrons. The Labute approximate surface area is 103 Å². The second kappa shape index (κ2) is 4.77. The van der Waals surface area contributed by atoms with Gasteiger partial charge in [0.15, 0.2) is 0 Å². The Morgan fingerprint density at radius 3 is 2.76 bits per heavy atom. The lowest BCUT2D eigenvalue weighted by Crippen LogP contribution is -2.26. The van der Waals surface area contributed by atoms with E-state index in [1.54, 1.807) is 13.0 Å². The van der Waals surface area contributed by atoms with Crippen LogP contribution in [0.2, 0.25) is 0 Å². The number of halogens is 1. The predicted octanol–water partition coefficient (Wildman–Crippen LogP) is 3.80. The summed E-state index contributed by atoms with van der Waals surface area (Å²) in [6, 6.07) is 6.09. The van der Waals surface area contributed by atoms with Crippen molar-refractivity contribution in [2.45, 2.75) is 52.6 Å². The summed E-state index contributed by atoms with van der Waals surface area (Å²) in [4.78, 5) is 0. The van der Waals surface area contributed by atoms with Crippen LogP contribution in [0.4, 0.5) is 4.39 Å². The lowest BCUT2D eigenvalue weighted by molar-refractivity contribution is 0.364. The molecule has 1 nitrogen and oxygen atoms in total. The van der Waals surface area contributed by atoms with Crippen LogP contribution >= 0.6 is 0 Å². The van der Waals surface area contributed by atoms with E-state index in [0.29, 0.717) is 11.5 Å². The second-order valence-corrected chi connectivity index (χ2v) is 6.07. The number of hydrogen-bond acceptors (Lipinski definition) is 1. The molecular formula is C15H22FN. The van der Waals surface area contributed by atoms with Crippen LogP contribution in [0, 0.1) is 18.2 Å². The minimum atomic E-state index is -0.101. The van der Waals surface area contributed by atoms with Crippen molar-refractivity contribution < 1.29 is 4.39 Å². The largest absolute Gasteiger partial charge is 0.310 e. The smallest absolute Gasteiger partial charge is 0.126 e. The van der Waals surface area contributed by atoms with Gasteiger partial charge in [-0.25, -0.2) is 4.39 Å². The minimum absolute atomic E-state index is 0.101. The van der Waals surface area contributed by atoms with Gasteiger partial charge in [-0.1, -0.05) is 26.0 Å². The quantitative estimate of drug-likeness (QED) is 0.840. The molecule has 0 saturated heterocycles. The number of aryl methyl sites for hydroxylation is 1. The summed E-state index contributed by atoms with van der Waals surface area (Å²) in [5.74, 6) is -0.101. The summed E-state index contributed by atoms with van der Waals surface area (Å²) in [7, 11) is 0. The van der Waals surface area contributed by atoms with Crippen LogP contribution in [0.1, 0.15) is 44.2 Å². The Balaban J connectivity index is 1.88. The van der Waals surface area contributed by atoms with E-state index in [2.05, 4.69) is 19.2 Å². The third-order valence-electron chi connectivity index (χ3n) is 3.80. The molecule has 2 heteroatoms. The molecule has 0 spiro atoms. The zero-order valence-electron chi connectivity index (χ0n) is 11.0. The van der Waals surface area contributed by atoms with E-state index in [0.717, 1.165) is 17.7 Å². The zero-order valence-corrected chi connectivity index (χ0v) is 11.0. The molecular weight excluding hydrogens is 213 g/mol. The third-order valence-corrected chi connectivity index (χ3v) is 3.80. The number of nitrogens with one attached hydrogen (secondary N) is 1. The molecule has 1 aromatic rings. The van der Waals surface area contributed by atoms with Crippen LogP contribution in [-0.4, -0.2) is 6.04 Å². The first-order valence-corrected chi connectivity index (χ1v) is 6.45. The molecule has 0 radical (unpaired) electrons. The fourth-order valence-corrected chi connectivity index (χ4v) is 2.62.